The second-order valence-electron chi connectivity index (χ2n) is 4.33. The Morgan fingerprint density at radius 2 is 2.00 bits per heavy atom. The summed E-state index contributed by atoms with van der Waals surface area (Å²) in [4.78, 5) is 22.5. The highest BCUT2D eigenvalue weighted by molar-refractivity contribution is 6.17. The predicted octanol–water partition coefficient (Wildman–Crippen LogP) is 0.859. The summed E-state index contributed by atoms with van der Waals surface area (Å²) in [6.07, 6.45) is -0.658. The number of aliphatic hydroxyl groups excluding tert-OH is 1. The van der Waals surface area contributed by atoms with E-state index in [1.54, 1.807) is 20.8 Å². The van der Waals surface area contributed by atoms with Crippen molar-refractivity contribution in [2.24, 2.45) is 5.92 Å². The van der Waals surface area contributed by atoms with Crippen LogP contribution in [0.15, 0.2) is 0 Å². The lowest BCUT2D eigenvalue weighted by Gasteiger charge is -2.20. The van der Waals surface area contributed by atoms with Gasteiger partial charge < -0.3 is 19.9 Å². The minimum atomic E-state index is -0.846. The molecule has 0 radical (unpaired) electrons. The van der Waals surface area contributed by atoms with Gasteiger partial charge in [-0.1, -0.05) is 11.6 Å². The topological polar surface area (TPSA) is 84.9 Å². The number of alkyl halides is 1. The summed E-state index contributed by atoms with van der Waals surface area (Å²) in [7, 11) is 0. The zero-order valence-corrected chi connectivity index (χ0v) is 10.9. The highest BCUT2D eigenvalue weighted by atomic mass is 35.5. The Hall–Kier alpha value is -1.01. The fourth-order valence-electron chi connectivity index (χ4n) is 0.915. The van der Waals surface area contributed by atoms with Crippen molar-refractivity contribution in [1.82, 2.24) is 5.32 Å². The van der Waals surface area contributed by atoms with Crippen LogP contribution in [0.4, 0.5) is 4.79 Å². The molecule has 0 aliphatic rings. The van der Waals surface area contributed by atoms with Gasteiger partial charge >= 0.3 is 12.1 Å². The maximum Gasteiger partial charge on any atom is 0.407 e. The van der Waals surface area contributed by atoms with Gasteiger partial charge in [0.15, 0.2) is 6.07 Å². The van der Waals surface area contributed by atoms with Crippen LogP contribution >= 0.6 is 11.6 Å². The second kappa shape index (κ2) is 7.34. The Balaban J connectivity index is 4.07. The second-order valence-corrected chi connectivity index (χ2v) is 4.55. The van der Waals surface area contributed by atoms with Crippen LogP contribution in [0, 0.1) is 5.92 Å². The fraction of sp³-hybridized carbons (Fsp3) is 0.800. The highest BCUT2D eigenvalue weighted by Crippen LogP contribution is 2.07. The highest BCUT2D eigenvalue weighted by Gasteiger charge is 2.22. The van der Waals surface area contributed by atoms with Gasteiger partial charge in [-0.15, -0.1) is 0 Å². The monoisotopic (exact) mass is 267 g/mol. The predicted molar refractivity (Wildman–Crippen MR) is 61.6 cm³/mol. The van der Waals surface area contributed by atoms with E-state index in [2.05, 4.69) is 10.1 Å². The van der Waals surface area contributed by atoms with Gasteiger partial charge in [-0.3, -0.25) is 4.79 Å². The van der Waals surface area contributed by atoms with Crippen molar-refractivity contribution in [3.05, 3.63) is 0 Å². The summed E-state index contributed by atoms with van der Waals surface area (Å²) in [5.41, 5.74) is -0.616. The van der Waals surface area contributed by atoms with E-state index in [1.165, 1.54) is 0 Å². The van der Waals surface area contributed by atoms with Gasteiger partial charge in [-0.05, 0) is 20.8 Å². The van der Waals surface area contributed by atoms with E-state index in [4.69, 9.17) is 21.4 Å². The summed E-state index contributed by atoms with van der Waals surface area (Å²) >= 11 is 5.21. The number of hydrogen-bond donors (Lipinski definition) is 2. The number of amides is 1. The number of aliphatic hydroxyl groups is 1. The van der Waals surface area contributed by atoms with Crippen LogP contribution in [0.1, 0.15) is 20.8 Å². The molecule has 0 spiro atoms. The molecular formula is C10H18ClNO5. The lowest BCUT2D eigenvalue weighted by atomic mass is 10.1. The Morgan fingerprint density at radius 3 is 2.41 bits per heavy atom. The molecule has 100 valence electrons. The van der Waals surface area contributed by atoms with Crippen LogP contribution in [-0.4, -0.2) is 42.0 Å². The molecule has 0 heterocycles. The Bertz CT molecular complexity index is 264. The Morgan fingerprint density at radius 1 is 1.41 bits per heavy atom. The third-order valence-electron chi connectivity index (χ3n) is 1.64. The average molecular weight is 268 g/mol. The average Bonchev–Trinajstić information content (AvgIpc) is 2.16. The SMILES string of the molecule is CC(C)(C)OC(=O)NCC(CO)C(=O)OCCl. The molecule has 0 rings (SSSR count). The van der Waals surface area contributed by atoms with Gasteiger partial charge in [0.1, 0.15) is 5.60 Å². The van der Waals surface area contributed by atoms with Crippen LogP contribution in [0.5, 0.6) is 0 Å². The van der Waals surface area contributed by atoms with Gasteiger partial charge in [0.2, 0.25) is 0 Å². The number of carbonyl (C=O) groups is 2. The largest absolute Gasteiger partial charge is 0.449 e. The molecule has 2 N–H and O–H groups in total. The number of ether oxygens (including phenoxy) is 2. The zero-order chi connectivity index (χ0) is 13.5. The molecule has 1 unspecified atom stereocenters. The summed E-state index contributed by atoms with van der Waals surface area (Å²) in [6.45, 7) is 4.65. The van der Waals surface area contributed by atoms with E-state index in [0.717, 1.165) is 0 Å². The van der Waals surface area contributed by atoms with Gasteiger partial charge in [-0.25, -0.2) is 4.79 Å². The summed E-state index contributed by atoms with van der Waals surface area (Å²) in [5.74, 6) is -1.51. The van der Waals surface area contributed by atoms with Crippen molar-refractivity contribution in [3.8, 4) is 0 Å². The Kier molecular flexibility index (Phi) is 6.91. The van der Waals surface area contributed by atoms with Crippen LogP contribution in [0.25, 0.3) is 0 Å². The van der Waals surface area contributed by atoms with Crippen LogP contribution in [0.2, 0.25) is 0 Å². The number of alkyl carbamates (subject to hydrolysis) is 1. The molecule has 6 nitrogen and oxygen atoms in total. The molecule has 0 aliphatic carbocycles. The number of hydrogen-bond acceptors (Lipinski definition) is 5. The minimum Gasteiger partial charge on any atom is -0.449 e. The van der Waals surface area contributed by atoms with Crippen molar-refractivity contribution in [3.63, 3.8) is 0 Å². The van der Waals surface area contributed by atoms with Gasteiger partial charge in [0, 0.05) is 6.54 Å². The van der Waals surface area contributed by atoms with Gasteiger partial charge in [-0.2, -0.15) is 0 Å². The fourth-order valence-corrected chi connectivity index (χ4v) is 1.02. The summed E-state index contributed by atoms with van der Waals surface area (Å²) in [5, 5.41) is 11.3. The van der Waals surface area contributed by atoms with Crippen LogP contribution < -0.4 is 5.32 Å². The first-order valence-corrected chi connectivity index (χ1v) is 5.64. The number of carbonyl (C=O) groups excluding carboxylic acids is 2. The van der Waals surface area contributed by atoms with E-state index < -0.39 is 30.2 Å². The first kappa shape index (κ1) is 16.0. The van der Waals surface area contributed by atoms with E-state index in [9.17, 15) is 9.59 Å². The molecule has 0 bridgehead atoms. The molecule has 0 saturated heterocycles. The molecule has 1 atom stereocenters. The number of nitrogens with one attached hydrogen (secondary N) is 1. The van der Waals surface area contributed by atoms with E-state index in [-0.39, 0.29) is 12.6 Å². The van der Waals surface area contributed by atoms with Crippen LogP contribution in [-0.2, 0) is 14.3 Å². The molecule has 0 aromatic heterocycles. The Labute approximate surface area is 105 Å². The smallest absolute Gasteiger partial charge is 0.407 e. The molecule has 0 aliphatic heterocycles. The van der Waals surface area contributed by atoms with Crippen molar-refractivity contribution in [2.75, 3.05) is 19.2 Å². The number of rotatable bonds is 5. The van der Waals surface area contributed by atoms with E-state index >= 15 is 0 Å². The molecular weight excluding hydrogens is 250 g/mol. The zero-order valence-electron chi connectivity index (χ0n) is 10.2. The first-order valence-electron chi connectivity index (χ1n) is 5.10. The first-order chi connectivity index (χ1) is 7.80. The molecule has 7 heteroatoms. The molecule has 0 aromatic carbocycles. The number of esters is 1. The van der Waals surface area contributed by atoms with Crippen molar-refractivity contribution in [2.45, 2.75) is 26.4 Å². The van der Waals surface area contributed by atoms with Crippen molar-refractivity contribution in [1.29, 1.82) is 0 Å². The molecule has 17 heavy (non-hydrogen) atoms. The van der Waals surface area contributed by atoms with Gasteiger partial charge in [0.05, 0.1) is 12.5 Å². The van der Waals surface area contributed by atoms with Crippen LogP contribution in [0.3, 0.4) is 0 Å². The minimum absolute atomic E-state index is 0.0683. The van der Waals surface area contributed by atoms with Crippen molar-refractivity contribution < 1.29 is 24.2 Å². The van der Waals surface area contributed by atoms with Gasteiger partial charge in [0.25, 0.3) is 0 Å². The number of halogens is 1. The maximum absolute atomic E-state index is 11.3. The third kappa shape index (κ3) is 7.82. The summed E-state index contributed by atoms with van der Waals surface area (Å²) < 4.78 is 9.46. The quantitative estimate of drug-likeness (QED) is 0.570. The standard InChI is InChI=1S/C10H18ClNO5/c1-10(2,3)17-9(15)12-4-7(5-13)8(14)16-6-11/h7,13H,4-6H2,1-3H3,(H,12,15). The lowest BCUT2D eigenvalue weighted by Crippen LogP contribution is -2.38. The molecule has 1 amide bonds. The lowest BCUT2D eigenvalue weighted by molar-refractivity contribution is -0.147. The molecule has 0 fully saturated rings. The summed E-state index contributed by atoms with van der Waals surface area (Å²) in [6, 6.07) is -0.290. The normalized spacial score (nSPS) is 12.8. The maximum atomic E-state index is 11.3. The molecule has 0 saturated carbocycles. The molecule has 0 aromatic rings. The van der Waals surface area contributed by atoms with E-state index in [0.29, 0.717) is 0 Å². The van der Waals surface area contributed by atoms with E-state index in [1.807, 2.05) is 0 Å². The third-order valence-corrected chi connectivity index (χ3v) is 1.75. The van der Waals surface area contributed by atoms with Crippen molar-refractivity contribution >= 4 is 23.7 Å².